The standard InChI is InChI=1S/C21H26ClN3O3S/c1-4-25(29(3,26)27)12-6-5-11-23-21-17-9-7-15(22)13-20(17)24-19-10-8-16(28-2)14-18(19)21/h7-10,13-14H,4-6,11-12H2,1-3H3,(H,23,24). The maximum Gasteiger partial charge on any atom is 0.211 e. The van der Waals surface area contributed by atoms with Gasteiger partial charge in [0.05, 0.1) is 30.1 Å². The van der Waals surface area contributed by atoms with Crippen molar-refractivity contribution in [3.05, 3.63) is 41.4 Å². The average molecular weight is 436 g/mol. The van der Waals surface area contributed by atoms with E-state index in [1.807, 2.05) is 43.3 Å². The molecule has 29 heavy (non-hydrogen) atoms. The maximum atomic E-state index is 11.7. The minimum atomic E-state index is -3.15. The number of anilines is 1. The Hall–Kier alpha value is -2.09. The van der Waals surface area contributed by atoms with Crippen molar-refractivity contribution in [3.63, 3.8) is 0 Å². The van der Waals surface area contributed by atoms with Gasteiger partial charge in [-0.05, 0) is 49.2 Å². The van der Waals surface area contributed by atoms with E-state index >= 15 is 0 Å². The zero-order chi connectivity index (χ0) is 21.0. The molecule has 0 aliphatic carbocycles. The minimum Gasteiger partial charge on any atom is -0.497 e. The van der Waals surface area contributed by atoms with Crippen molar-refractivity contribution >= 4 is 49.1 Å². The summed E-state index contributed by atoms with van der Waals surface area (Å²) in [6.45, 7) is 3.59. The second-order valence-corrected chi connectivity index (χ2v) is 9.34. The Balaban J connectivity index is 1.82. The highest BCUT2D eigenvalue weighted by Crippen LogP contribution is 2.34. The number of pyridine rings is 1. The molecule has 0 aliphatic heterocycles. The predicted octanol–water partition coefficient (Wildman–Crippen LogP) is 4.52. The molecule has 1 N–H and O–H groups in total. The van der Waals surface area contributed by atoms with Crippen LogP contribution in [0, 0.1) is 0 Å². The number of methoxy groups -OCH3 is 1. The molecule has 3 aromatic rings. The van der Waals surface area contributed by atoms with Gasteiger partial charge < -0.3 is 10.1 Å². The quantitative estimate of drug-likeness (QED) is 0.395. The van der Waals surface area contributed by atoms with E-state index in [1.54, 1.807) is 7.11 Å². The first-order valence-corrected chi connectivity index (χ1v) is 11.8. The Morgan fingerprint density at radius 3 is 2.59 bits per heavy atom. The van der Waals surface area contributed by atoms with Crippen molar-refractivity contribution in [1.82, 2.24) is 9.29 Å². The number of sulfonamides is 1. The Morgan fingerprint density at radius 2 is 1.90 bits per heavy atom. The van der Waals surface area contributed by atoms with Gasteiger partial charge in [0, 0.05) is 35.4 Å². The third-order valence-corrected chi connectivity index (χ3v) is 6.51. The van der Waals surface area contributed by atoms with Crippen LogP contribution in [0.25, 0.3) is 21.8 Å². The lowest BCUT2D eigenvalue weighted by atomic mass is 10.1. The van der Waals surface area contributed by atoms with Crippen LogP contribution in [0.3, 0.4) is 0 Å². The fourth-order valence-electron chi connectivity index (χ4n) is 3.40. The number of benzene rings is 2. The van der Waals surface area contributed by atoms with Gasteiger partial charge >= 0.3 is 0 Å². The van der Waals surface area contributed by atoms with E-state index in [2.05, 4.69) is 5.32 Å². The summed E-state index contributed by atoms with van der Waals surface area (Å²) in [5, 5.41) is 6.13. The van der Waals surface area contributed by atoms with Gasteiger partial charge in [-0.2, -0.15) is 0 Å². The topological polar surface area (TPSA) is 71.5 Å². The molecule has 156 valence electrons. The van der Waals surface area contributed by atoms with Crippen LogP contribution in [0.5, 0.6) is 5.75 Å². The highest BCUT2D eigenvalue weighted by molar-refractivity contribution is 7.88. The number of rotatable bonds is 9. The molecular weight excluding hydrogens is 410 g/mol. The molecule has 0 unspecified atom stereocenters. The molecule has 0 fully saturated rings. The number of halogens is 1. The van der Waals surface area contributed by atoms with Crippen LogP contribution in [0.2, 0.25) is 5.02 Å². The number of hydrogen-bond donors (Lipinski definition) is 1. The van der Waals surface area contributed by atoms with Crippen molar-refractivity contribution in [1.29, 1.82) is 0 Å². The van der Waals surface area contributed by atoms with Crippen LogP contribution in [0.4, 0.5) is 5.69 Å². The third kappa shape index (κ3) is 5.10. The van der Waals surface area contributed by atoms with Gasteiger partial charge in [0.15, 0.2) is 0 Å². The molecular formula is C21H26ClN3O3S. The van der Waals surface area contributed by atoms with Crippen LogP contribution in [0.15, 0.2) is 36.4 Å². The van der Waals surface area contributed by atoms with Gasteiger partial charge in [-0.1, -0.05) is 18.5 Å². The van der Waals surface area contributed by atoms with E-state index < -0.39 is 10.0 Å². The summed E-state index contributed by atoms with van der Waals surface area (Å²) in [6.07, 6.45) is 2.88. The molecule has 0 saturated carbocycles. The van der Waals surface area contributed by atoms with Gasteiger partial charge in [0.25, 0.3) is 0 Å². The summed E-state index contributed by atoms with van der Waals surface area (Å²) < 4.78 is 30.3. The highest BCUT2D eigenvalue weighted by Gasteiger charge is 2.14. The van der Waals surface area contributed by atoms with Crippen molar-refractivity contribution in [2.24, 2.45) is 0 Å². The number of fused-ring (bicyclic) bond motifs is 2. The van der Waals surface area contributed by atoms with Crippen molar-refractivity contribution in [2.75, 3.05) is 38.3 Å². The summed E-state index contributed by atoms with van der Waals surface area (Å²) in [4.78, 5) is 4.73. The molecule has 2 aromatic carbocycles. The van der Waals surface area contributed by atoms with Gasteiger partial charge in [0.1, 0.15) is 5.75 Å². The predicted molar refractivity (Wildman–Crippen MR) is 121 cm³/mol. The van der Waals surface area contributed by atoms with Crippen molar-refractivity contribution < 1.29 is 13.2 Å². The zero-order valence-corrected chi connectivity index (χ0v) is 18.5. The lowest BCUT2D eigenvalue weighted by Gasteiger charge is -2.18. The lowest BCUT2D eigenvalue weighted by Crippen LogP contribution is -2.30. The Bertz CT molecular complexity index is 1120. The molecule has 0 bridgehead atoms. The molecule has 1 heterocycles. The molecule has 0 saturated heterocycles. The fourth-order valence-corrected chi connectivity index (χ4v) is 4.49. The fraction of sp³-hybridized carbons (Fsp3) is 0.381. The molecule has 1 aromatic heterocycles. The van der Waals surface area contributed by atoms with Crippen molar-refractivity contribution in [2.45, 2.75) is 19.8 Å². The van der Waals surface area contributed by atoms with Gasteiger partial charge in [-0.15, -0.1) is 0 Å². The molecule has 0 spiro atoms. The van der Waals surface area contributed by atoms with Crippen molar-refractivity contribution in [3.8, 4) is 5.75 Å². The first-order valence-electron chi connectivity index (χ1n) is 9.59. The zero-order valence-electron chi connectivity index (χ0n) is 16.9. The number of nitrogens with one attached hydrogen (secondary N) is 1. The van der Waals surface area contributed by atoms with Crippen LogP contribution in [-0.2, 0) is 10.0 Å². The largest absolute Gasteiger partial charge is 0.497 e. The smallest absolute Gasteiger partial charge is 0.211 e. The summed E-state index contributed by atoms with van der Waals surface area (Å²) in [6, 6.07) is 11.5. The second-order valence-electron chi connectivity index (χ2n) is 6.92. The summed E-state index contributed by atoms with van der Waals surface area (Å²) in [7, 11) is -1.50. The van der Waals surface area contributed by atoms with E-state index in [1.165, 1.54) is 10.6 Å². The molecule has 3 rings (SSSR count). The normalized spacial score (nSPS) is 12.0. The molecule has 8 heteroatoms. The van der Waals surface area contributed by atoms with E-state index in [-0.39, 0.29) is 0 Å². The number of unbranched alkanes of at least 4 members (excludes halogenated alkanes) is 1. The van der Waals surface area contributed by atoms with Crippen LogP contribution < -0.4 is 10.1 Å². The SMILES string of the molecule is CCN(CCCCNc1c2ccc(Cl)cc2nc2ccc(OC)cc12)S(C)(=O)=O. The van der Waals surface area contributed by atoms with Gasteiger partial charge in [-0.3, -0.25) is 0 Å². The minimum absolute atomic E-state index is 0.493. The first kappa shape index (κ1) is 21.6. The van der Waals surface area contributed by atoms with E-state index in [4.69, 9.17) is 21.3 Å². The molecule has 0 radical (unpaired) electrons. The van der Waals surface area contributed by atoms with Crippen LogP contribution in [-0.4, -0.2) is 50.7 Å². The van der Waals surface area contributed by atoms with Gasteiger partial charge in [0.2, 0.25) is 10.0 Å². The Morgan fingerprint density at radius 1 is 1.10 bits per heavy atom. The maximum absolute atomic E-state index is 11.7. The highest BCUT2D eigenvalue weighted by atomic mass is 35.5. The summed E-state index contributed by atoms with van der Waals surface area (Å²) in [5.74, 6) is 0.766. The second kappa shape index (κ2) is 9.15. The number of aromatic nitrogens is 1. The first-order chi connectivity index (χ1) is 13.8. The van der Waals surface area contributed by atoms with Gasteiger partial charge in [-0.25, -0.2) is 17.7 Å². The Kier molecular flexibility index (Phi) is 6.82. The van der Waals surface area contributed by atoms with Crippen LogP contribution >= 0.6 is 11.6 Å². The molecule has 6 nitrogen and oxygen atoms in total. The number of hydrogen-bond acceptors (Lipinski definition) is 5. The van der Waals surface area contributed by atoms with E-state index in [9.17, 15) is 8.42 Å². The van der Waals surface area contributed by atoms with Crippen LogP contribution in [0.1, 0.15) is 19.8 Å². The monoisotopic (exact) mass is 435 g/mol. The summed E-state index contributed by atoms with van der Waals surface area (Å²) >= 11 is 6.16. The lowest BCUT2D eigenvalue weighted by molar-refractivity contribution is 0.415. The summed E-state index contributed by atoms with van der Waals surface area (Å²) in [5.41, 5.74) is 2.67. The number of nitrogens with zero attached hydrogens (tertiary/aromatic N) is 2. The Labute approximate surface area is 176 Å². The average Bonchev–Trinajstić information content (AvgIpc) is 2.68. The third-order valence-electron chi connectivity index (χ3n) is 4.90. The van der Waals surface area contributed by atoms with E-state index in [0.29, 0.717) is 18.1 Å². The number of ether oxygens (including phenoxy) is 1. The van der Waals surface area contributed by atoms with E-state index in [0.717, 1.165) is 52.6 Å². The molecule has 0 atom stereocenters. The molecule has 0 amide bonds. The molecule has 0 aliphatic rings.